The van der Waals surface area contributed by atoms with E-state index in [1.54, 1.807) is 46.2 Å². The standard InChI is InChI=1S/C44H30F4O4S3/c45-27-15-21-22(16-28(27)46)36(50)25(35(21)49)11-19-13-31-33(43(19)7-3-1-4-8-43)39-41(53-31)42-40(55-39)34-32(54-42)14-20(44(34)9-5-2-6-10-44)12-26-37(51)23-17-29(47)30(48)18-24(23)38(26)52/h11-18,35,49H,1-10H2/b25-11+. The topological polar surface area (TPSA) is 71.4 Å². The van der Waals surface area contributed by atoms with Gasteiger partial charge < -0.3 is 5.11 Å². The SMILES string of the molecule is O=C1C(=CC2=Cc3sc4c(sc5c6c(sc54)C=C(/C=C4/C(=O)c5cc(F)c(F)cc5C4O)C64CCCCC4)c3C23CCCCC3)C(=O)c2cc(F)c(F)cc21. The number of hydrogen-bond acceptors (Lipinski definition) is 7. The second kappa shape index (κ2) is 11.6. The number of aliphatic hydroxyl groups is 1. The van der Waals surface area contributed by atoms with Crippen molar-refractivity contribution in [2.24, 2.45) is 0 Å². The maximum Gasteiger partial charge on any atom is 0.197 e. The van der Waals surface area contributed by atoms with Crippen LogP contribution in [0.15, 0.2) is 58.7 Å². The van der Waals surface area contributed by atoms with E-state index in [2.05, 4.69) is 12.2 Å². The minimum absolute atomic E-state index is 0.00675. The third-order valence-corrected chi connectivity index (χ3v) is 17.0. The number of ketones is 3. The molecule has 2 saturated carbocycles. The lowest BCUT2D eigenvalue weighted by Crippen LogP contribution is -2.29. The summed E-state index contributed by atoms with van der Waals surface area (Å²) in [4.78, 5) is 42.7. The van der Waals surface area contributed by atoms with Gasteiger partial charge in [-0.25, -0.2) is 17.6 Å². The van der Waals surface area contributed by atoms with Crippen LogP contribution in [0.4, 0.5) is 17.6 Å². The first-order chi connectivity index (χ1) is 26.5. The minimum Gasteiger partial charge on any atom is -0.383 e. The molecule has 3 aromatic heterocycles. The van der Waals surface area contributed by atoms with Crippen molar-refractivity contribution in [2.75, 3.05) is 0 Å². The molecule has 11 rings (SSSR count). The molecule has 0 aliphatic heterocycles. The molecule has 1 unspecified atom stereocenters. The lowest BCUT2D eigenvalue weighted by molar-refractivity contribution is 0.0983. The molecule has 4 nitrogen and oxygen atoms in total. The van der Waals surface area contributed by atoms with Crippen LogP contribution in [-0.2, 0) is 10.8 Å². The van der Waals surface area contributed by atoms with Crippen LogP contribution in [0.5, 0.6) is 0 Å². The van der Waals surface area contributed by atoms with Crippen molar-refractivity contribution in [1.82, 2.24) is 0 Å². The number of hydrogen-bond donors (Lipinski definition) is 1. The van der Waals surface area contributed by atoms with Crippen LogP contribution in [0.3, 0.4) is 0 Å². The van der Waals surface area contributed by atoms with Gasteiger partial charge in [-0.1, -0.05) is 38.5 Å². The van der Waals surface area contributed by atoms with Gasteiger partial charge in [0.2, 0.25) is 0 Å². The molecule has 11 heteroatoms. The Hall–Kier alpha value is -4.29. The van der Waals surface area contributed by atoms with Crippen LogP contribution in [-0.4, -0.2) is 22.5 Å². The van der Waals surface area contributed by atoms with Gasteiger partial charge in [-0.2, -0.15) is 0 Å². The van der Waals surface area contributed by atoms with Crippen molar-refractivity contribution in [3.8, 4) is 0 Å². The van der Waals surface area contributed by atoms with E-state index in [9.17, 15) is 37.1 Å². The molecule has 5 aromatic rings. The first-order valence-corrected chi connectivity index (χ1v) is 21.2. The molecule has 0 bridgehead atoms. The Bertz CT molecular complexity index is 2750. The maximum absolute atomic E-state index is 14.2. The molecule has 0 amide bonds. The fraction of sp³-hybridized carbons (Fsp3) is 0.295. The fourth-order valence-electron chi connectivity index (χ4n) is 10.5. The van der Waals surface area contributed by atoms with Crippen LogP contribution in [0.1, 0.15) is 128 Å². The Kier molecular flexibility index (Phi) is 7.19. The fourth-order valence-corrected chi connectivity index (χ4v) is 15.3. The molecule has 2 spiro atoms. The smallest absolute Gasteiger partial charge is 0.197 e. The van der Waals surface area contributed by atoms with Crippen LogP contribution in [0.2, 0.25) is 0 Å². The zero-order valence-corrected chi connectivity index (χ0v) is 31.6. The van der Waals surface area contributed by atoms with Gasteiger partial charge in [-0.05, 0) is 102 Å². The van der Waals surface area contributed by atoms with Crippen molar-refractivity contribution in [3.63, 3.8) is 0 Å². The normalized spacial score (nSPS) is 22.7. The minimum atomic E-state index is -1.35. The van der Waals surface area contributed by atoms with Gasteiger partial charge in [0.05, 0.1) is 24.4 Å². The zero-order chi connectivity index (χ0) is 37.7. The molecule has 0 saturated heterocycles. The molecule has 3 heterocycles. The number of carbonyl (C=O) groups is 3. The van der Waals surface area contributed by atoms with E-state index in [0.29, 0.717) is 0 Å². The number of thiophene rings is 3. The van der Waals surface area contributed by atoms with E-state index in [-0.39, 0.29) is 38.8 Å². The molecule has 2 fully saturated rings. The quantitative estimate of drug-likeness (QED) is 0.110. The number of Topliss-reactive ketones (excluding diaryl/α,β-unsaturated/α-hetero) is 3. The summed E-state index contributed by atoms with van der Waals surface area (Å²) in [6.07, 6.45) is 16.1. The van der Waals surface area contributed by atoms with Gasteiger partial charge >= 0.3 is 0 Å². The average Bonchev–Trinajstić information content (AvgIpc) is 4.00. The van der Waals surface area contributed by atoms with E-state index in [1.807, 2.05) is 0 Å². The summed E-state index contributed by atoms with van der Waals surface area (Å²) in [5.41, 5.74) is 3.57. The summed E-state index contributed by atoms with van der Waals surface area (Å²) in [5, 5.41) is 11.2. The van der Waals surface area contributed by atoms with Crippen molar-refractivity contribution in [1.29, 1.82) is 0 Å². The molecule has 55 heavy (non-hydrogen) atoms. The first kappa shape index (κ1) is 34.0. The lowest BCUT2D eigenvalue weighted by atomic mass is 9.67. The van der Waals surface area contributed by atoms with Gasteiger partial charge in [0, 0.05) is 42.8 Å². The molecule has 6 aliphatic carbocycles. The third kappa shape index (κ3) is 4.44. The molecule has 0 radical (unpaired) electrons. The zero-order valence-electron chi connectivity index (χ0n) is 29.2. The monoisotopic (exact) mass is 794 g/mol. The largest absolute Gasteiger partial charge is 0.383 e. The molecule has 1 N–H and O–H groups in total. The Labute approximate surface area is 324 Å². The van der Waals surface area contributed by atoms with Crippen LogP contribution >= 0.6 is 34.0 Å². The molecular weight excluding hydrogens is 765 g/mol. The van der Waals surface area contributed by atoms with Gasteiger partial charge in [0.25, 0.3) is 0 Å². The summed E-state index contributed by atoms with van der Waals surface area (Å²) >= 11 is 5.27. The van der Waals surface area contributed by atoms with Gasteiger partial charge in [-0.15, -0.1) is 34.0 Å². The highest BCUT2D eigenvalue weighted by atomic mass is 32.1. The summed E-state index contributed by atoms with van der Waals surface area (Å²) < 4.78 is 61.5. The van der Waals surface area contributed by atoms with Crippen molar-refractivity contribution >= 4 is 82.3 Å². The summed E-state index contributed by atoms with van der Waals surface area (Å²) in [5.74, 6) is -6.17. The van der Waals surface area contributed by atoms with Crippen LogP contribution in [0.25, 0.3) is 31.0 Å². The summed E-state index contributed by atoms with van der Waals surface area (Å²) in [6, 6.07) is 3.46. The Morgan fingerprint density at radius 1 is 0.564 bits per heavy atom. The van der Waals surface area contributed by atoms with Crippen molar-refractivity contribution in [2.45, 2.75) is 81.1 Å². The predicted molar refractivity (Wildman–Crippen MR) is 207 cm³/mol. The molecule has 1 atom stereocenters. The summed E-state index contributed by atoms with van der Waals surface area (Å²) in [6.45, 7) is 0. The highest BCUT2D eigenvalue weighted by Gasteiger charge is 2.49. The Morgan fingerprint density at radius 2 is 1.02 bits per heavy atom. The van der Waals surface area contributed by atoms with E-state index >= 15 is 0 Å². The third-order valence-electron chi connectivity index (χ3n) is 13.1. The van der Waals surface area contributed by atoms with E-state index < -0.39 is 52.1 Å². The second-order valence-corrected chi connectivity index (χ2v) is 18.9. The number of benzene rings is 2. The lowest BCUT2D eigenvalue weighted by Gasteiger charge is -2.37. The van der Waals surface area contributed by atoms with Crippen LogP contribution in [0, 0.1) is 23.3 Å². The van der Waals surface area contributed by atoms with Crippen LogP contribution < -0.4 is 0 Å². The molecular formula is C44H30F4O4S3. The van der Waals surface area contributed by atoms with Crippen molar-refractivity contribution < 1.29 is 37.1 Å². The second-order valence-electron chi connectivity index (χ2n) is 15.8. The van der Waals surface area contributed by atoms with Gasteiger partial charge in [0.1, 0.15) is 6.10 Å². The molecule has 276 valence electrons. The number of allylic oxidation sites excluding steroid dienone is 5. The number of halogens is 4. The average molecular weight is 795 g/mol. The molecule has 6 aliphatic rings. The van der Waals surface area contributed by atoms with E-state index in [1.165, 1.54) is 29.9 Å². The van der Waals surface area contributed by atoms with Gasteiger partial charge in [0.15, 0.2) is 40.6 Å². The number of rotatable bonds is 2. The number of carbonyl (C=O) groups excluding carboxylic acids is 3. The summed E-state index contributed by atoms with van der Waals surface area (Å²) in [7, 11) is 0. The molecule has 2 aromatic carbocycles. The first-order valence-electron chi connectivity index (χ1n) is 18.7. The highest BCUT2D eigenvalue weighted by Crippen LogP contribution is 2.64. The number of aliphatic hydroxyl groups excluding tert-OH is 1. The number of fused-ring (bicyclic) bond motifs is 11. The Morgan fingerprint density at radius 3 is 1.53 bits per heavy atom. The van der Waals surface area contributed by atoms with Crippen molar-refractivity contribution in [3.05, 3.63) is 125 Å². The predicted octanol–water partition coefficient (Wildman–Crippen LogP) is 11.8. The highest BCUT2D eigenvalue weighted by molar-refractivity contribution is 7.39. The maximum atomic E-state index is 14.2. The van der Waals surface area contributed by atoms with E-state index in [4.69, 9.17) is 0 Å². The van der Waals surface area contributed by atoms with E-state index in [0.717, 1.165) is 109 Å². The Balaban J connectivity index is 1.03. The van der Waals surface area contributed by atoms with Gasteiger partial charge in [-0.3, -0.25) is 14.4 Å².